The molecule has 4 rings (SSSR count). The number of halogens is 1. The standard InChI is InChI=1S/C29H35ClN4O4/c1-21(35)34-16-5-15-32(19-14-31-27(36)20-26(34)22-6-3-2-4-7-22)29(38)24-12-17-33(18-13-24)28(37)23-8-10-25(30)11-9-23/h2-4,6-11,24,26H,5,12-20H2,1H3,(H,31,36). The van der Waals surface area contributed by atoms with Gasteiger partial charge in [0, 0.05) is 62.7 Å². The molecule has 2 aromatic rings. The molecule has 2 heterocycles. The minimum atomic E-state index is -0.349. The minimum Gasteiger partial charge on any atom is -0.354 e. The van der Waals surface area contributed by atoms with Crippen molar-refractivity contribution >= 4 is 35.2 Å². The second-order valence-electron chi connectivity index (χ2n) is 9.95. The first-order chi connectivity index (χ1) is 18.3. The van der Waals surface area contributed by atoms with Crippen molar-refractivity contribution in [3.8, 4) is 0 Å². The third-order valence-corrected chi connectivity index (χ3v) is 7.66. The lowest BCUT2D eigenvalue weighted by Gasteiger charge is -2.35. The van der Waals surface area contributed by atoms with Gasteiger partial charge >= 0.3 is 0 Å². The first kappa shape index (κ1) is 27.6. The Morgan fingerprint density at radius 1 is 0.868 bits per heavy atom. The molecule has 0 radical (unpaired) electrons. The molecule has 2 aliphatic rings. The smallest absolute Gasteiger partial charge is 0.253 e. The van der Waals surface area contributed by atoms with Gasteiger partial charge in [0.15, 0.2) is 0 Å². The van der Waals surface area contributed by atoms with Gasteiger partial charge in [0.1, 0.15) is 0 Å². The summed E-state index contributed by atoms with van der Waals surface area (Å²) in [5.74, 6) is -0.421. The van der Waals surface area contributed by atoms with Crippen molar-refractivity contribution in [3.05, 3.63) is 70.7 Å². The van der Waals surface area contributed by atoms with E-state index in [1.165, 1.54) is 6.92 Å². The van der Waals surface area contributed by atoms with Gasteiger partial charge in [-0.3, -0.25) is 19.2 Å². The van der Waals surface area contributed by atoms with Crippen molar-refractivity contribution in [2.75, 3.05) is 39.3 Å². The van der Waals surface area contributed by atoms with Gasteiger partial charge in [0.25, 0.3) is 5.91 Å². The molecule has 0 aliphatic carbocycles. The van der Waals surface area contributed by atoms with Crippen LogP contribution in [0, 0.1) is 5.92 Å². The fourth-order valence-electron chi connectivity index (χ4n) is 5.32. The van der Waals surface area contributed by atoms with E-state index in [2.05, 4.69) is 5.32 Å². The number of piperidine rings is 1. The molecular formula is C29H35ClN4O4. The second-order valence-corrected chi connectivity index (χ2v) is 10.4. The van der Waals surface area contributed by atoms with Crippen LogP contribution in [0.25, 0.3) is 0 Å². The highest BCUT2D eigenvalue weighted by molar-refractivity contribution is 6.30. The van der Waals surface area contributed by atoms with Crippen LogP contribution in [0.2, 0.25) is 5.02 Å². The van der Waals surface area contributed by atoms with Crippen LogP contribution < -0.4 is 5.32 Å². The number of carbonyl (C=O) groups excluding carboxylic acids is 4. The molecule has 2 aromatic carbocycles. The zero-order valence-corrected chi connectivity index (χ0v) is 22.5. The van der Waals surface area contributed by atoms with Crippen LogP contribution >= 0.6 is 11.6 Å². The molecule has 9 heteroatoms. The summed E-state index contributed by atoms with van der Waals surface area (Å²) in [7, 11) is 0. The molecule has 202 valence electrons. The van der Waals surface area contributed by atoms with Crippen molar-refractivity contribution in [2.45, 2.75) is 38.6 Å². The van der Waals surface area contributed by atoms with E-state index in [-0.39, 0.29) is 42.0 Å². The van der Waals surface area contributed by atoms with Crippen molar-refractivity contribution in [2.24, 2.45) is 5.92 Å². The molecule has 1 atom stereocenters. The monoisotopic (exact) mass is 538 g/mol. The predicted octanol–water partition coefficient (Wildman–Crippen LogP) is 3.52. The summed E-state index contributed by atoms with van der Waals surface area (Å²) < 4.78 is 0. The normalized spacial score (nSPS) is 19.9. The Hall–Kier alpha value is -3.39. The maximum atomic E-state index is 13.5. The quantitative estimate of drug-likeness (QED) is 0.647. The Balaban J connectivity index is 1.38. The number of hydrogen-bond donors (Lipinski definition) is 1. The molecule has 0 spiro atoms. The summed E-state index contributed by atoms with van der Waals surface area (Å²) in [6, 6.07) is 16.1. The van der Waals surface area contributed by atoms with Crippen molar-refractivity contribution in [1.82, 2.24) is 20.0 Å². The van der Waals surface area contributed by atoms with Gasteiger partial charge in [-0.1, -0.05) is 41.9 Å². The number of nitrogens with one attached hydrogen (secondary N) is 1. The summed E-state index contributed by atoms with van der Waals surface area (Å²) >= 11 is 5.94. The molecule has 2 aliphatic heterocycles. The van der Waals surface area contributed by atoms with Crippen LogP contribution in [0.1, 0.15) is 54.6 Å². The molecule has 2 fully saturated rings. The first-order valence-corrected chi connectivity index (χ1v) is 13.6. The molecule has 0 aromatic heterocycles. The van der Waals surface area contributed by atoms with Crippen LogP contribution in [0.4, 0.5) is 0 Å². The lowest BCUT2D eigenvalue weighted by molar-refractivity contribution is -0.137. The number of likely N-dealkylation sites (tertiary alicyclic amines) is 1. The van der Waals surface area contributed by atoms with Gasteiger partial charge < -0.3 is 20.0 Å². The highest BCUT2D eigenvalue weighted by Crippen LogP contribution is 2.26. The molecule has 1 unspecified atom stereocenters. The van der Waals surface area contributed by atoms with Gasteiger partial charge in [-0.25, -0.2) is 0 Å². The van der Waals surface area contributed by atoms with E-state index in [9.17, 15) is 19.2 Å². The maximum absolute atomic E-state index is 13.5. The average molecular weight is 539 g/mol. The largest absolute Gasteiger partial charge is 0.354 e. The number of amides is 4. The lowest BCUT2D eigenvalue weighted by atomic mass is 9.94. The highest BCUT2D eigenvalue weighted by atomic mass is 35.5. The molecule has 38 heavy (non-hydrogen) atoms. The average Bonchev–Trinajstić information content (AvgIpc) is 2.97. The van der Waals surface area contributed by atoms with E-state index in [0.717, 1.165) is 5.56 Å². The maximum Gasteiger partial charge on any atom is 0.253 e. The van der Waals surface area contributed by atoms with E-state index >= 15 is 0 Å². The van der Waals surface area contributed by atoms with Gasteiger partial charge in [-0.15, -0.1) is 0 Å². The molecular weight excluding hydrogens is 504 g/mol. The molecule has 4 amide bonds. The van der Waals surface area contributed by atoms with Crippen molar-refractivity contribution < 1.29 is 19.2 Å². The van der Waals surface area contributed by atoms with Crippen LogP contribution in [-0.4, -0.2) is 77.6 Å². The Bertz CT molecular complexity index is 1130. The lowest BCUT2D eigenvalue weighted by Crippen LogP contribution is -2.46. The number of hydrogen-bond acceptors (Lipinski definition) is 4. The molecule has 0 bridgehead atoms. The molecule has 0 saturated carbocycles. The van der Waals surface area contributed by atoms with Crippen LogP contribution in [0.5, 0.6) is 0 Å². The number of nitrogens with zero attached hydrogens (tertiary/aromatic N) is 3. The summed E-state index contributed by atoms with van der Waals surface area (Å²) in [6.45, 7) is 4.29. The Labute approximate surface area is 228 Å². The number of carbonyl (C=O) groups is 4. The SMILES string of the molecule is CC(=O)N1CCCN(C(=O)C2CCN(C(=O)c3ccc(Cl)cc3)CC2)CCNC(=O)CC1c1ccccc1. The summed E-state index contributed by atoms with van der Waals surface area (Å²) in [6.07, 6.45) is 1.99. The second kappa shape index (κ2) is 12.9. The first-order valence-electron chi connectivity index (χ1n) is 13.3. The van der Waals surface area contributed by atoms with Crippen molar-refractivity contribution in [1.29, 1.82) is 0 Å². The molecule has 8 nitrogen and oxygen atoms in total. The number of rotatable bonds is 3. The fourth-order valence-corrected chi connectivity index (χ4v) is 5.45. The van der Waals surface area contributed by atoms with Crippen LogP contribution in [-0.2, 0) is 14.4 Å². The molecule has 1 N–H and O–H groups in total. The highest BCUT2D eigenvalue weighted by Gasteiger charge is 2.32. The number of benzene rings is 2. The van der Waals surface area contributed by atoms with E-state index < -0.39 is 0 Å². The van der Waals surface area contributed by atoms with Gasteiger partial charge in [0.2, 0.25) is 17.7 Å². The third kappa shape index (κ3) is 6.92. The summed E-state index contributed by atoms with van der Waals surface area (Å²) in [4.78, 5) is 57.0. The zero-order valence-electron chi connectivity index (χ0n) is 21.8. The van der Waals surface area contributed by atoms with Crippen LogP contribution in [0.3, 0.4) is 0 Å². The van der Waals surface area contributed by atoms with Crippen molar-refractivity contribution in [3.63, 3.8) is 0 Å². The van der Waals surface area contributed by atoms with Gasteiger partial charge in [-0.05, 0) is 49.1 Å². The predicted molar refractivity (Wildman–Crippen MR) is 145 cm³/mol. The third-order valence-electron chi connectivity index (χ3n) is 7.41. The fraction of sp³-hybridized carbons (Fsp3) is 0.448. The van der Waals surface area contributed by atoms with Crippen LogP contribution in [0.15, 0.2) is 54.6 Å². The van der Waals surface area contributed by atoms with E-state index in [4.69, 9.17) is 11.6 Å². The van der Waals surface area contributed by atoms with E-state index in [1.54, 1.807) is 34.1 Å². The Kier molecular flexibility index (Phi) is 9.39. The van der Waals surface area contributed by atoms with E-state index in [0.29, 0.717) is 69.1 Å². The summed E-state index contributed by atoms with van der Waals surface area (Å²) in [5.41, 5.74) is 1.51. The van der Waals surface area contributed by atoms with Gasteiger partial charge in [-0.2, -0.15) is 0 Å². The topological polar surface area (TPSA) is 90.0 Å². The molecule has 2 saturated heterocycles. The Morgan fingerprint density at radius 3 is 2.21 bits per heavy atom. The van der Waals surface area contributed by atoms with E-state index in [1.807, 2.05) is 35.2 Å². The Morgan fingerprint density at radius 2 is 1.55 bits per heavy atom. The minimum absolute atomic E-state index is 0.0473. The summed E-state index contributed by atoms with van der Waals surface area (Å²) in [5, 5.41) is 3.52. The van der Waals surface area contributed by atoms with Gasteiger partial charge in [0.05, 0.1) is 12.5 Å². The zero-order chi connectivity index (χ0) is 27.1.